The summed E-state index contributed by atoms with van der Waals surface area (Å²) in [4.78, 5) is 0. The molecule has 0 atom stereocenters. The number of nitrogens with zero attached hydrogens (tertiary/aromatic N) is 2. The zero-order valence-electron chi connectivity index (χ0n) is 11.6. The van der Waals surface area contributed by atoms with E-state index in [-0.39, 0.29) is 0 Å². The molecule has 4 nitrogen and oxygen atoms in total. The minimum Gasteiger partial charge on any atom is -0.379 e. The molecule has 3 aromatic rings. The van der Waals surface area contributed by atoms with Crippen molar-refractivity contribution in [3.05, 3.63) is 71.9 Å². The number of fused-ring (bicyclic) bond motifs is 2. The predicted octanol–water partition coefficient (Wildman–Crippen LogP) is 3.60. The van der Waals surface area contributed by atoms with Gasteiger partial charge in [-0.2, -0.15) is 5.10 Å². The van der Waals surface area contributed by atoms with Crippen molar-refractivity contribution < 1.29 is 0 Å². The summed E-state index contributed by atoms with van der Waals surface area (Å²) in [5.41, 5.74) is 4.64. The van der Waals surface area contributed by atoms with Crippen molar-refractivity contribution >= 4 is 17.2 Å². The fourth-order valence-corrected chi connectivity index (χ4v) is 2.64. The van der Waals surface area contributed by atoms with Crippen LogP contribution in [0.15, 0.2) is 60.8 Å². The van der Waals surface area contributed by atoms with Gasteiger partial charge in [0.25, 0.3) is 0 Å². The van der Waals surface area contributed by atoms with Crippen molar-refractivity contribution in [1.29, 1.82) is 0 Å². The molecule has 21 heavy (non-hydrogen) atoms. The molecule has 2 aromatic carbocycles. The first kappa shape index (κ1) is 12.0. The molecule has 0 unspecified atom stereocenters. The first-order valence-electron chi connectivity index (χ1n) is 7.09. The highest BCUT2D eigenvalue weighted by molar-refractivity contribution is 5.76. The second kappa shape index (κ2) is 4.98. The maximum atomic E-state index is 4.52. The van der Waals surface area contributed by atoms with Gasteiger partial charge in [0.15, 0.2) is 0 Å². The van der Waals surface area contributed by atoms with Crippen molar-refractivity contribution in [2.75, 3.05) is 10.6 Å². The van der Waals surface area contributed by atoms with Crippen molar-refractivity contribution in [2.24, 2.45) is 0 Å². The average molecular weight is 276 g/mol. The van der Waals surface area contributed by atoms with Crippen molar-refractivity contribution in [1.82, 2.24) is 9.78 Å². The van der Waals surface area contributed by atoms with Gasteiger partial charge in [-0.15, -0.1) is 0 Å². The molecule has 4 heteroatoms. The maximum Gasteiger partial charge on any atom is 0.134 e. The highest BCUT2D eigenvalue weighted by atomic mass is 15.3. The third-order valence-electron chi connectivity index (χ3n) is 3.74. The van der Waals surface area contributed by atoms with Crippen molar-refractivity contribution in [3.63, 3.8) is 0 Å². The SMILES string of the molecule is c1ccc(Cn2ncc3c2Nc2ccccc2NC3)cc1. The van der Waals surface area contributed by atoms with Crippen LogP contribution < -0.4 is 10.6 Å². The lowest BCUT2D eigenvalue weighted by Gasteiger charge is -2.11. The second-order valence-corrected chi connectivity index (χ2v) is 5.19. The third-order valence-corrected chi connectivity index (χ3v) is 3.74. The molecule has 0 bridgehead atoms. The molecule has 0 radical (unpaired) electrons. The highest BCUT2D eigenvalue weighted by Gasteiger charge is 2.16. The van der Waals surface area contributed by atoms with Crippen LogP contribution in [0.3, 0.4) is 0 Å². The fourth-order valence-electron chi connectivity index (χ4n) is 2.64. The van der Waals surface area contributed by atoms with E-state index in [0.29, 0.717) is 0 Å². The quantitative estimate of drug-likeness (QED) is 0.751. The summed E-state index contributed by atoms with van der Waals surface area (Å²) >= 11 is 0. The van der Waals surface area contributed by atoms with E-state index in [2.05, 4.69) is 52.1 Å². The molecule has 1 aromatic heterocycles. The lowest BCUT2D eigenvalue weighted by atomic mass is 10.2. The molecule has 2 heterocycles. The molecular formula is C17H16N4. The molecule has 0 fully saturated rings. The van der Waals surface area contributed by atoms with Crippen LogP contribution in [0.25, 0.3) is 0 Å². The largest absolute Gasteiger partial charge is 0.379 e. The predicted molar refractivity (Wildman–Crippen MR) is 84.8 cm³/mol. The highest BCUT2D eigenvalue weighted by Crippen LogP contribution is 2.31. The second-order valence-electron chi connectivity index (χ2n) is 5.19. The minimum absolute atomic E-state index is 0.769. The van der Waals surface area contributed by atoms with E-state index in [0.717, 1.165) is 30.3 Å². The molecule has 0 spiro atoms. The number of anilines is 3. The van der Waals surface area contributed by atoms with Gasteiger partial charge in [-0.1, -0.05) is 42.5 Å². The summed E-state index contributed by atoms with van der Waals surface area (Å²) in [5, 5.41) is 11.5. The zero-order valence-corrected chi connectivity index (χ0v) is 11.6. The van der Waals surface area contributed by atoms with Crippen LogP contribution in [0.1, 0.15) is 11.1 Å². The van der Waals surface area contributed by atoms with Gasteiger partial charge in [0.1, 0.15) is 5.82 Å². The molecular weight excluding hydrogens is 260 g/mol. The molecule has 0 amide bonds. The Labute approximate surface area is 123 Å². The van der Waals surface area contributed by atoms with Gasteiger partial charge in [0.05, 0.1) is 24.1 Å². The minimum atomic E-state index is 0.769. The Morgan fingerprint density at radius 1 is 0.952 bits per heavy atom. The van der Waals surface area contributed by atoms with Crippen molar-refractivity contribution in [3.8, 4) is 0 Å². The van der Waals surface area contributed by atoms with Gasteiger partial charge < -0.3 is 10.6 Å². The molecule has 104 valence electrons. The lowest BCUT2D eigenvalue weighted by molar-refractivity contribution is 0.695. The molecule has 1 aliphatic heterocycles. The van der Waals surface area contributed by atoms with E-state index in [9.17, 15) is 0 Å². The van der Waals surface area contributed by atoms with Crippen LogP contribution in [0.5, 0.6) is 0 Å². The number of nitrogens with one attached hydrogen (secondary N) is 2. The Balaban J connectivity index is 1.70. The number of aromatic nitrogens is 2. The molecule has 2 N–H and O–H groups in total. The first-order valence-corrected chi connectivity index (χ1v) is 7.09. The number of hydrogen-bond acceptors (Lipinski definition) is 3. The topological polar surface area (TPSA) is 41.9 Å². The zero-order chi connectivity index (χ0) is 14.1. The normalized spacial score (nSPS) is 12.6. The van der Waals surface area contributed by atoms with Crippen LogP contribution in [-0.2, 0) is 13.1 Å². The third kappa shape index (κ3) is 2.25. The first-order chi connectivity index (χ1) is 10.4. The van der Waals surface area contributed by atoms with E-state index in [1.807, 2.05) is 29.1 Å². The lowest BCUT2D eigenvalue weighted by Crippen LogP contribution is -2.06. The molecule has 4 rings (SSSR count). The van der Waals surface area contributed by atoms with Gasteiger partial charge in [-0.05, 0) is 17.7 Å². The Bertz CT molecular complexity index is 761. The molecule has 0 saturated carbocycles. The summed E-state index contributed by atoms with van der Waals surface area (Å²) in [6.45, 7) is 1.56. The molecule has 0 saturated heterocycles. The molecule has 1 aliphatic rings. The van der Waals surface area contributed by atoms with E-state index >= 15 is 0 Å². The van der Waals surface area contributed by atoms with Crippen LogP contribution >= 0.6 is 0 Å². The average Bonchev–Trinajstić information content (AvgIpc) is 2.80. The summed E-state index contributed by atoms with van der Waals surface area (Å²) in [6.07, 6.45) is 1.93. The number of para-hydroxylation sites is 2. The van der Waals surface area contributed by atoms with Crippen molar-refractivity contribution in [2.45, 2.75) is 13.1 Å². The smallest absolute Gasteiger partial charge is 0.134 e. The van der Waals surface area contributed by atoms with E-state index in [4.69, 9.17) is 0 Å². The summed E-state index contributed by atoms with van der Waals surface area (Å²) < 4.78 is 2.02. The van der Waals surface area contributed by atoms with E-state index < -0.39 is 0 Å². The standard InChI is InChI=1S/C17H16N4/c1-2-6-13(7-3-1)12-21-17-14(11-19-21)10-18-15-8-4-5-9-16(15)20-17/h1-9,11,18,20H,10,12H2. The number of rotatable bonds is 2. The Morgan fingerprint density at radius 3 is 2.57 bits per heavy atom. The van der Waals surface area contributed by atoms with Gasteiger partial charge >= 0.3 is 0 Å². The van der Waals surface area contributed by atoms with Gasteiger partial charge in [0, 0.05) is 12.1 Å². The summed E-state index contributed by atoms with van der Waals surface area (Å²) in [7, 11) is 0. The van der Waals surface area contributed by atoms with Crippen LogP contribution in [0, 0.1) is 0 Å². The number of hydrogen-bond donors (Lipinski definition) is 2. The molecule has 0 aliphatic carbocycles. The van der Waals surface area contributed by atoms with Gasteiger partial charge in [0.2, 0.25) is 0 Å². The number of benzene rings is 2. The van der Waals surface area contributed by atoms with E-state index in [1.165, 1.54) is 11.1 Å². The van der Waals surface area contributed by atoms with Gasteiger partial charge in [-0.25, -0.2) is 4.68 Å². The van der Waals surface area contributed by atoms with Crippen LogP contribution in [-0.4, -0.2) is 9.78 Å². The maximum absolute atomic E-state index is 4.52. The summed E-state index contributed by atoms with van der Waals surface area (Å²) in [5.74, 6) is 1.07. The van der Waals surface area contributed by atoms with Crippen LogP contribution in [0.4, 0.5) is 17.2 Å². The Hall–Kier alpha value is -2.75. The monoisotopic (exact) mass is 276 g/mol. The van der Waals surface area contributed by atoms with Gasteiger partial charge in [-0.3, -0.25) is 0 Å². The Kier molecular flexibility index (Phi) is 2.85. The Morgan fingerprint density at radius 2 is 1.71 bits per heavy atom. The summed E-state index contributed by atoms with van der Waals surface area (Å²) in [6, 6.07) is 18.6. The van der Waals surface area contributed by atoms with E-state index in [1.54, 1.807) is 0 Å². The van der Waals surface area contributed by atoms with Crippen LogP contribution in [0.2, 0.25) is 0 Å². The fraction of sp³-hybridized carbons (Fsp3) is 0.118.